The molecule has 36 heavy (non-hydrogen) atoms. The first-order chi connectivity index (χ1) is 17.4. The summed E-state index contributed by atoms with van der Waals surface area (Å²) < 4.78 is 19.1. The molecule has 0 spiro atoms. The predicted molar refractivity (Wildman–Crippen MR) is 132 cm³/mol. The first-order valence-corrected chi connectivity index (χ1v) is 11.9. The molecule has 0 unspecified atom stereocenters. The molecule has 0 bridgehead atoms. The molecule has 3 heterocycles. The van der Waals surface area contributed by atoms with E-state index >= 15 is 0 Å². The maximum atomic E-state index is 13.5. The summed E-state index contributed by atoms with van der Waals surface area (Å²) in [6, 6.07) is 17.3. The number of methoxy groups -OCH3 is 1. The van der Waals surface area contributed by atoms with Gasteiger partial charge in [0.1, 0.15) is 30.2 Å². The minimum absolute atomic E-state index is 0.0851. The van der Waals surface area contributed by atoms with Gasteiger partial charge in [-0.25, -0.2) is 14.5 Å². The molecule has 4 aromatic rings. The maximum absolute atomic E-state index is 13.5. The Morgan fingerprint density at radius 3 is 2.58 bits per heavy atom. The third-order valence-corrected chi connectivity index (χ3v) is 6.67. The van der Waals surface area contributed by atoms with Crippen LogP contribution in [0.15, 0.2) is 72.3 Å². The van der Waals surface area contributed by atoms with Crippen molar-refractivity contribution in [3.05, 3.63) is 89.2 Å². The highest BCUT2D eigenvalue weighted by molar-refractivity contribution is 6.00. The number of carbonyl (C=O) groups excluding carboxylic acids is 1. The lowest BCUT2D eigenvalue weighted by molar-refractivity contribution is -0.118. The van der Waals surface area contributed by atoms with Crippen LogP contribution >= 0.6 is 0 Å². The number of hydrogen-bond acceptors (Lipinski definition) is 7. The lowest BCUT2D eigenvalue weighted by atomic mass is 9.70. The predicted octanol–water partition coefficient (Wildman–Crippen LogP) is 4.88. The molecule has 0 saturated heterocycles. The lowest BCUT2D eigenvalue weighted by Gasteiger charge is -2.37. The van der Waals surface area contributed by atoms with E-state index in [4.69, 9.17) is 19.2 Å². The molecule has 8 nitrogen and oxygen atoms in total. The molecule has 1 aliphatic carbocycles. The number of benzene rings is 2. The average molecular weight is 483 g/mol. The van der Waals surface area contributed by atoms with E-state index < -0.39 is 0 Å². The van der Waals surface area contributed by atoms with Crippen LogP contribution in [0.2, 0.25) is 0 Å². The van der Waals surface area contributed by atoms with Crippen LogP contribution in [-0.2, 0) is 11.4 Å². The highest BCUT2D eigenvalue weighted by Gasteiger charge is 2.44. The standard InChI is InChI=1S/C28H26N4O4/c1-28(2)13-20(33)24-21(14-28)36-27-25(23(24)17-9-11-18(34-3)12-10-17)26-30-22(31-32(26)16-29-27)15-35-19-7-5-4-6-8-19/h4-12,16,23H,13-15H2,1-3H3/t23-/m0/s1. The first kappa shape index (κ1) is 22.3. The summed E-state index contributed by atoms with van der Waals surface area (Å²) in [5.41, 5.74) is 2.76. The van der Waals surface area contributed by atoms with Crippen LogP contribution in [0.25, 0.3) is 5.65 Å². The quantitative estimate of drug-likeness (QED) is 0.401. The lowest BCUT2D eigenvalue weighted by Crippen LogP contribution is -2.33. The highest BCUT2D eigenvalue weighted by atomic mass is 16.5. The Bertz CT molecular complexity index is 1490. The van der Waals surface area contributed by atoms with Crippen LogP contribution in [0.4, 0.5) is 0 Å². The number of Topliss-reactive ketones (excluding diaryl/α,β-unsaturated/α-hetero) is 1. The van der Waals surface area contributed by atoms with Gasteiger partial charge in [0, 0.05) is 24.3 Å². The Morgan fingerprint density at radius 2 is 1.83 bits per heavy atom. The molecular weight excluding hydrogens is 456 g/mol. The molecule has 0 saturated carbocycles. The second-order valence-corrected chi connectivity index (χ2v) is 9.95. The topological polar surface area (TPSA) is 87.8 Å². The van der Waals surface area contributed by atoms with Crippen molar-refractivity contribution in [3.63, 3.8) is 0 Å². The smallest absolute Gasteiger partial charge is 0.228 e. The number of para-hydroxylation sites is 1. The summed E-state index contributed by atoms with van der Waals surface area (Å²) in [7, 11) is 1.63. The fourth-order valence-corrected chi connectivity index (χ4v) is 5.05. The van der Waals surface area contributed by atoms with Crippen molar-refractivity contribution in [1.82, 2.24) is 19.6 Å². The van der Waals surface area contributed by atoms with Crippen molar-refractivity contribution in [2.24, 2.45) is 5.41 Å². The third-order valence-electron chi connectivity index (χ3n) is 6.67. The van der Waals surface area contributed by atoms with Crippen LogP contribution in [-0.4, -0.2) is 32.5 Å². The maximum Gasteiger partial charge on any atom is 0.228 e. The van der Waals surface area contributed by atoms with Crippen molar-refractivity contribution in [2.75, 3.05) is 7.11 Å². The van der Waals surface area contributed by atoms with Crippen molar-refractivity contribution in [1.29, 1.82) is 0 Å². The molecule has 2 aromatic carbocycles. The largest absolute Gasteiger partial charge is 0.497 e. The number of carbonyl (C=O) groups is 1. The van der Waals surface area contributed by atoms with Gasteiger partial charge in [-0.05, 0) is 35.2 Å². The summed E-state index contributed by atoms with van der Waals surface area (Å²) in [4.78, 5) is 22.9. The van der Waals surface area contributed by atoms with E-state index in [1.165, 1.54) is 0 Å². The van der Waals surface area contributed by atoms with E-state index in [-0.39, 0.29) is 23.7 Å². The van der Waals surface area contributed by atoms with Gasteiger partial charge in [0.2, 0.25) is 5.88 Å². The fraction of sp³-hybridized carbons (Fsp3) is 0.286. The fourth-order valence-electron chi connectivity index (χ4n) is 5.05. The molecule has 1 aliphatic heterocycles. The van der Waals surface area contributed by atoms with Crippen molar-refractivity contribution in [2.45, 2.75) is 39.2 Å². The first-order valence-electron chi connectivity index (χ1n) is 11.9. The molecular formula is C28H26N4O4. The minimum atomic E-state index is -0.374. The molecule has 1 atom stereocenters. The minimum Gasteiger partial charge on any atom is -0.497 e. The summed E-state index contributed by atoms with van der Waals surface area (Å²) in [6.07, 6.45) is 2.71. The number of ether oxygens (including phenoxy) is 3. The van der Waals surface area contributed by atoms with Crippen molar-refractivity contribution in [3.8, 4) is 17.4 Å². The van der Waals surface area contributed by atoms with E-state index in [1.807, 2.05) is 54.6 Å². The number of rotatable bonds is 5. The summed E-state index contributed by atoms with van der Waals surface area (Å²) in [5, 5.41) is 4.58. The zero-order chi connectivity index (χ0) is 24.9. The molecule has 2 aromatic heterocycles. The van der Waals surface area contributed by atoms with Crippen molar-refractivity contribution >= 4 is 11.4 Å². The molecule has 6 rings (SSSR count). The molecule has 8 heteroatoms. The summed E-state index contributed by atoms with van der Waals surface area (Å²) in [6.45, 7) is 4.38. The van der Waals surface area contributed by atoms with Gasteiger partial charge in [-0.15, -0.1) is 5.10 Å². The molecule has 0 N–H and O–H groups in total. The van der Waals surface area contributed by atoms with Crippen LogP contribution in [0, 0.1) is 5.41 Å². The summed E-state index contributed by atoms with van der Waals surface area (Å²) in [5.74, 6) is 2.85. The molecule has 0 radical (unpaired) electrons. The van der Waals surface area contributed by atoms with Gasteiger partial charge in [-0.2, -0.15) is 0 Å². The van der Waals surface area contributed by atoms with E-state index in [0.717, 1.165) is 22.6 Å². The van der Waals surface area contributed by atoms with Gasteiger partial charge >= 0.3 is 0 Å². The number of allylic oxidation sites excluding steroid dienone is 2. The van der Waals surface area contributed by atoms with Gasteiger partial charge < -0.3 is 14.2 Å². The van der Waals surface area contributed by atoms with E-state index in [9.17, 15) is 4.79 Å². The van der Waals surface area contributed by atoms with E-state index in [1.54, 1.807) is 18.0 Å². The molecule has 0 amide bonds. The number of fused-ring (bicyclic) bond motifs is 3. The van der Waals surface area contributed by atoms with Gasteiger partial charge in [-0.1, -0.05) is 44.2 Å². The highest BCUT2D eigenvalue weighted by Crippen LogP contribution is 2.50. The van der Waals surface area contributed by atoms with Crippen LogP contribution in [0.3, 0.4) is 0 Å². The Morgan fingerprint density at radius 1 is 1.06 bits per heavy atom. The Balaban J connectivity index is 1.47. The van der Waals surface area contributed by atoms with Gasteiger partial charge in [0.05, 0.1) is 12.7 Å². The zero-order valence-electron chi connectivity index (χ0n) is 20.4. The zero-order valence-corrected chi connectivity index (χ0v) is 20.4. The Kier molecular flexibility index (Phi) is 5.25. The second-order valence-electron chi connectivity index (χ2n) is 9.95. The SMILES string of the molecule is COc1ccc([C@H]2C3=C(CC(C)(C)CC3=O)Oc3ncn4nc(COc5ccccc5)nc4c32)cc1. The van der Waals surface area contributed by atoms with Crippen LogP contribution in [0.5, 0.6) is 17.4 Å². The van der Waals surface area contributed by atoms with Crippen molar-refractivity contribution < 1.29 is 19.0 Å². The number of aromatic nitrogens is 4. The van der Waals surface area contributed by atoms with E-state index in [2.05, 4.69) is 23.9 Å². The van der Waals surface area contributed by atoms with Gasteiger partial charge in [-0.3, -0.25) is 4.79 Å². The van der Waals surface area contributed by atoms with Crippen LogP contribution in [0.1, 0.15) is 49.6 Å². The van der Waals surface area contributed by atoms with Crippen LogP contribution < -0.4 is 14.2 Å². The summed E-state index contributed by atoms with van der Waals surface area (Å²) >= 11 is 0. The van der Waals surface area contributed by atoms with E-state index in [0.29, 0.717) is 41.5 Å². The number of hydrogen-bond donors (Lipinski definition) is 0. The molecule has 182 valence electrons. The normalized spacial score (nSPS) is 18.4. The Hall–Kier alpha value is -4.20. The van der Waals surface area contributed by atoms with Gasteiger partial charge in [0.25, 0.3) is 0 Å². The average Bonchev–Trinajstić information content (AvgIpc) is 3.29. The molecule has 2 aliphatic rings. The Labute approximate surface area is 208 Å². The molecule has 0 fully saturated rings. The second kappa shape index (κ2) is 8.48. The van der Waals surface area contributed by atoms with Gasteiger partial charge in [0.15, 0.2) is 17.3 Å². The number of nitrogens with zero attached hydrogens (tertiary/aromatic N) is 4. The third kappa shape index (κ3) is 3.88. The monoisotopic (exact) mass is 482 g/mol. The number of ketones is 1.